The second kappa shape index (κ2) is 3.37. The first-order valence-electron chi connectivity index (χ1n) is 3.20. The molecule has 0 aliphatic carbocycles. The molecular weight excluding hydrogens is 140 g/mol. The standard InChI is InChI=1S/C9H9S/c1-2-3-8-4-6-9(10)7-5-8/h2,4-7H,1,3H2. The van der Waals surface area contributed by atoms with Crippen LogP contribution in [0.4, 0.5) is 0 Å². The van der Waals surface area contributed by atoms with Gasteiger partial charge in [-0.25, -0.2) is 0 Å². The maximum absolute atomic E-state index is 4.93. The fourth-order valence-corrected chi connectivity index (χ4v) is 0.928. The topological polar surface area (TPSA) is 0 Å². The average Bonchev–Trinajstić information content (AvgIpc) is 1.95. The summed E-state index contributed by atoms with van der Waals surface area (Å²) in [6.45, 7) is 3.65. The minimum atomic E-state index is 0.896. The molecule has 0 unspecified atom stereocenters. The van der Waals surface area contributed by atoms with Crippen LogP contribution in [0.25, 0.3) is 0 Å². The van der Waals surface area contributed by atoms with Crippen molar-refractivity contribution >= 4 is 12.6 Å². The molecule has 1 rings (SSSR count). The molecule has 0 fully saturated rings. The van der Waals surface area contributed by atoms with Gasteiger partial charge in [0.15, 0.2) is 0 Å². The van der Waals surface area contributed by atoms with E-state index < -0.39 is 0 Å². The monoisotopic (exact) mass is 149 g/mol. The zero-order chi connectivity index (χ0) is 7.40. The number of hydrogen-bond acceptors (Lipinski definition) is 0. The highest BCUT2D eigenvalue weighted by Gasteiger charge is 1.87. The van der Waals surface area contributed by atoms with E-state index in [2.05, 4.69) is 6.58 Å². The van der Waals surface area contributed by atoms with Crippen LogP contribution in [0.5, 0.6) is 0 Å². The van der Waals surface area contributed by atoms with Gasteiger partial charge in [0.2, 0.25) is 0 Å². The van der Waals surface area contributed by atoms with Crippen LogP contribution in [0.2, 0.25) is 0 Å². The third kappa shape index (κ3) is 1.85. The highest BCUT2D eigenvalue weighted by Crippen LogP contribution is 2.07. The summed E-state index contributed by atoms with van der Waals surface area (Å²) in [5.41, 5.74) is 1.27. The smallest absolute Gasteiger partial charge is 0.0377 e. The van der Waals surface area contributed by atoms with Crippen LogP contribution in [-0.2, 0) is 6.42 Å². The zero-order valence-corrected chi connectivity index (χ0v) is 6.53. The van der Waals surface area contributed by atoms with E-state index in [1.165, 1.54) is 5.56 Å². The van der Waals surface area contributed by atoms with E-state index in [-0.39, 0.29) is 0 Å². The molecule has 0 heterocycles. The molecule has 1 radical (unpaired) electrons. The van der Waals surface area contributed by atoms with Crippen LogP contribution < -0.4 is 0 Å². The van der Waals surface area contributed by atoms with Gasteiger partial charge in [-0.15, -0.1) is 6.58 Å². The quantitative estimate of drug-likeness (QED) is 0.567. The summed E-state index contributed by atoms with van der Waals surface area (Å²) in [4.78, 5) is 0.896. The number of hydrogen-bond donors (Lipinski definition) is 0. The molecule has 0 aliphatic rings. The van der Waals surface area contributed by atoms with E-state index in [9.17, 15) is 0 Å². The average molecular weight is 149 g/mol. The first kappa shape index (κ1) is 7.29. The number of allylic oxidation sites excluding steroid dienone is 1. The molecule has 0 amide bonds. The van der Waals surface area contributed by atoms with Gasteiger partial charge in [-0.1, -0.05) is 30.8 Å². The van der Waals surface area contributed by atoms with Gasteiger partial charge < -0.3 is 0 Å². The molecule has 1 aromatic carbocycles. The van der Waals surface area contributed by atoms with E-state index in [4.69, 9.17) is 12.6 Å². The second-order valence-electron chi connectivity index (χ2n) is 2.14. The molecular formula is C9H9S. The van der Waals surface area contributed by atoms with Crippen molar-refractivity contribution in [2.75, 3.05) is 0 Å². The molecule has 0 nitrogen and oxygen atoms in total. The third-order valence-corrected chi connectivity index (χ3v) is 1.58. The van der Waals surface area contributed by atoms with Gasteiger partial charge in [0.25, 0.3) is 0 Å². The molecule has 0 aliphatic heterocycles. The molecule has 0 N–H and O–H groups in total. The minimum absolute atomic E-state index is 0.896. The molecule has 0 saturated heterocycles. The van der Waals surface area contributed by atoms with Crippen molar-refractivity contribution in [3.63, 3.8) is 0 Å². The lowest BCUT2D eigenvalue weighted by Crippen LogP contribution is -1.77. The van der Waals surface area contributed by atoms with Crippen molar-refractivity contribution in [2.24, 2.45) is 0 Å². The lowest BCUT2D eigenvalue weighted by Gasteiger charge is -1.94. The zero-order valence-electron chi connectivity index (χ0n) is 5.71. The molecule has 0 aromatic heterocycles. The lowest BCUT2D eigenvalue weighted by molar-refractivity contribution is 1.25. The van der Waals surface area contributed by atoms with E-state index in [1.54, 1.807) is 0 Å². The number of benzene rings is 1. The SMILES string of the molecule is C=CCc1ccc([S])cc1. The largest absolute Gasteiger partial charge is 0.103 e. The third-order valence-electron chi connectivity index (χ3n) is 1.30. The van der Waals surface area contributed by atoms with E-state index in [0.717, 1.165) is 11.3 Å². The van der Waals surface area contributed by atoms with Gasteiger partial charge in [0, 0.05) is 4.90 Å². The normalized spacial score (nSPS) is 9.20. The summed E-state index contributed by atoms with van der Waals surface area (Å²) in [6, 6.07) is 7.94. The summed E-state index contributed by atoms with van der Waals surface area (Å²) in [5, 5.41) is 0. The van der Waals surface area contributed by atoms with E-state index in [1.807, 2.05) is 30.3 Å². The second-order valence-corrected chi connectivity index (χ2v) is 2.61. The molecule has 0 atom stereocenters. The van der Waals surface area contributed by atoms with Gasteiger partial charge in [-0.3, -0.25) is 0 Å². The Balaban J connectivity index is 2.78. The van der Waals surface area contributed by atoms with Crippen LogP contribution in [-0.4, -0.2) is 0 Å². The van der Waals surface area contributed by atoms with Gasteiger partial charge in [-0.2, -0.15) is 0 Å². The van der Waals surface area contributed by atoms with E-state index >= 15 is 0 Å². The summed E-state index contributed by atoms with van der Waals surface area (Å²) in [5.74, 6) is 0. The van der Waals surface area contributed by atoms with Crippen LogP contribution in [0.15, 0.2) is 41.8 Å². The van der Waals surface area contributed by atoms with Gasteiger partial charge >= 0.3 is 0 Å². The Kier molecular flexibility index (Phi) is 2.46. The fourth-order valence-electron chi connectivity index (χ4n) is 0.792. The minimum Gasteiger partial charge on any atom is -0.103 e. The first-order valence-corrected chi connectivity index (χ1v) is 3.60. The molecule has 1 heteroatoms. The van der Waals surface area contributed by atoms with Gasteiger partial charge in [0.05, 0.1) is 0 Å². The van der Waals surface area contributed by atoms with Crippen LogP contribution in [0.1, 0.15) is 5.56 Å². The Hall–Kier alpha value is -0.820. The Bertz CT molecular complexity index is 211. The van der Waals surface area contributed by atoms with Crippen molar-refractivity contribution < 1.29 is 0 Å². The maximum Gasteiger partial charge on any atom is 0.0377 e. The predicted octanol–water partition coefficient (Wildman–Crippen LogP) is 2.97. The Morgan fingerprint density at radius 3 is 2.40 bits per heavy atom. The molecule has 1 aromatic rings. The number of rotatable bonds is 2. The lowest BCUT2D eigenvalue weighted by atomic mass is 10.2. The van der Waals surface area contributed by atoms with E-state index in [0.29, 0.717) is 0 Å². The van der Waals surface area contributed by atoms with Crippen molar-refractivity contribution in [3.05, 3.63) is 42.5 Å². The highest BCUT2D eigenvalue weighted by molar-refractivity contribution is 7.80. The van der Waals surface area contributed by atoms with Gasteiger partial charge in [0.1, 0.15) is 0 Å². The van der Waals surface area contributed by atoms with Crippen LogP contribution >= 0.6 is 12.6 Å². The van der Waals surface area contributed by atoms with Crippen LogP contribution in [0, 0.1) is 0 Å². The van der Waals surface area contributed by atoms with Crippen molar-refractivity contribution in [3.8, 4) is 0 Å². The fraction of sp³-hybridized carbons (Fsp3) is 0.111. The predicted molar refractivity (Wildman–Crippen MR) is 46.2 cm³/mol. The summed E-state index contributed by atoms with van der Waals surface area (Å²) >= 11 is 4.93. The Morgan fingerprint density at radius 2 is 1.90 bits per heavy atom. The van der Waals surface area contributed by atoms with Crippen molar-refractivity contribution in [1.82, 2.24) is 0 Å². The Labute approximate surface area is 67.0 Å². The molecule has 51 valence electrons. The summed E-state index contributed by atoms with van der Waals surface area (Å²) < 4.78 is 0. The first-order chi connectivity index (χ1) is 4.83. The Morgan fingerprint density at radius 1 is 1.30 bits per heavy atom. The molecule has 10 heavy (non-hydrogen) atoms. The summed E-state index contributed by atoms with van der Waals surface area (Å²) in [6.07, 6.45) is 2.81. The van der Waals surface area contributed by atoms with Crippen LogP contribution in [0.3, 0.4) is 0 Å². The van der Waals surface area contributed by atoms with Gasteiger partial charge in [-0.05, 0) is 24.1 Å². The molecule has 0 saturated carbocycles. The highest BCUT2D eigenvalue weighted by atomic mass is 32.1. The van der Waals surface area contributed by atoms with Crippen molar-refractivity contribution in [1.29, 1.82) is 0 Å². The maximum atomic E-state index is 4.93. The summed E-state index contributed by atoms with van der Waals surface area (Å²) in [7, 11) is 0. The molecule has 0 bridgehead atoms. The van der Waals surface area contributed by atoms with Crippen molar-refractivity contribution in [2.45, 2.75) is 11.3 Å². The molecule has 0 spiro atoms.